The Bertz CT molecular complexity index is 1170. The number of hydrogen-bond donors (Lipinski definition) is 2. The number of anilines is 2. The molecule has 0 bridgehead atoms. The average molecular weight is 496 g/mol. The molecule has 0 aliphatic heterocycles. The summed E-state index contributed by atoms with van der Waals surface area (Å²) in [7, 11) is 1.60. The van der Waals surface area contributed by atoms with Crippen molar-refractivity contribution in [2.75, 3.05) is 18.3 Å². The van der Waals surface area contributed by atoms with E-state index in [0.717, 1.165) is 30.6 Å². The van der Waals surface area contributed by atoms with Crippen molar-refractivity contribution in [3.8, 4) is 11.4 Å². The fourth-order valence-corrected chi connectivity index (χ4v) is 3.80. The summed E-state index contributed by atoms with van der Waals surface area (Å²) in [6, 6.07) is 5.52. The van der Waals surface area contributed by atoms with Gasteiger partial charge in [0.1, 0.15) is 23.3 Å². The molecule has 1 aromatic carbocycles. The van der Waals surface area contributed by atoms with Crippen LogP contribution in [0.4, 0.5) is 11.6 Å². The molecular formula is C20H21Cl3N8O. The number of alkyl halides is 1. The van der Waals surface area contributed by atoms with Gasteiger partial charge >= 0.3 is 0 Å². The van der Waals surface area contributed by atoms with Gasteiger partial charge in [-0.2, -0.15) is 10.1 Å². The van der Waals surface area contributed by atoms with Crippen LogP contribution < -0.4 is 10.1 Å². The minimum absolute atomic E-state index is 0.128. The standard InChI is InChI=1S/C20H21Cl3N8O/c1-32-17-8-14(5-6-15(17)30-11-18(23)24-12-30)26-20-27-19(28-29-20)16(4-2-3-7-21)31-10-13(22)9-25-31/h5-6,8-12,16H,2-4,7H2,1H3,(H2,26,27,28,29). The third-order valence-electron chi connectivity index (χ3n) is 4.83. The van der Waals surface area contributed by atoms with Gasteiger partial charge in [-0.15, -0.1) is 16.7 Å². The van der Waals surface area contributed by atoms with Crippen LogP contribution in [0.25, 0.3) is 5.69 Å². The fourth-order valence-electron chi connectivity index (χ4n) is 3.32. The molecule has 4 aromatic rings. The van der Waals surface area contributed by atoms with Crippen molar-refractivity contribution in [2.45, 2.75) is 25.3 Å². The third-order valence-corrected chi connectivity index (χ3v) is 5.49. The molecule has 0 spiro atoms. The van der Waals surface area contributed by atoms with E-state index in [1.165, 1.54) is 0 Å². The maximum atomic E-state index is 6.06. The Morgan fingerprint density at radius 2 is 2.09 bits per heavy atom. The Morgan fingerprint density at radius 3 is 2.78 bits per heavy atom. The van der Waals surface area contributed by atoms with E-state index in [9.17, 15) is 0 Å². The molecule has 0 radical (unpaired) electrons. The number of aromatic amines is 1. The van der Waals surface area contributed by atoms with Crippen LogP contribution in [-0.4, -0.2) is 47.5 Å². The third kappa shape index (κ3) is 5.17. The van der Waals surface area contributed by atoms with Crippen LogP contribution in [0.1, 0.15) is 31.1 Å². The molecule has 3 heterocycles. The van der Waals surface area contributed by atoms with E-state index in [2.05, 4.69) is 30.6 Å². The zero-order valence-corrected chi connectivity index (χ0v) is 19.4. The summed E-state index contributed by atoms with van der Waals surface area (Å²) >= 11 is 17.8. The molecule has 0 aliphatic carbocycles. The van der Waals surface area contributed by atoms with Gasteiger partial charge in [-0.05, 0) is 31.4 Å². The summed E-state index contributed by atoms with van der Waals surface area (Å²) in [4.78, 5) is 8.66. The van der Waals surface area contributed by atoms with E-state index in [1.54, 1.807) is 41.3 Å². The van der Waals surface area contributed by atoms with E-state index in [0.29, 0.717) is 33.6 Å². The zero-order valence-electron chi connectivity index (χ0n) is 17.2. The van der Waals surface area contributed by atoms with E-state index in [-0.39, 0.29) is 6.04 Å². The number of H-pyrrole nitrogens is 1. The normalized spacial score (nSPS) is 12.1. The van der Waals surface area contributed by atoms with Gasteiger partial charge in [0, 0.05) is 30.0 Å². The lowest BCUT2D eigenvalue weighted by atomic mass is 10.1. The molecule has 0 aliphatic rings. The second kappa shape index (κ2) is 10.2. The molecule has 4 rings (SSSR count). The Labute approximate surface area is 199 Å². The number of nitrogens with zero attached hydrogens (tertiary/aromatic N) is 6. The Balaban J connectivity index is 1.53. The number of rotatable bonds is 10. The first kappa shape index (κ1) is 22.4. The van der Waals surface area contributed by atoms with Crippen molar-refractivity contribution >= 4 is 46.4 Å². The molecule has 3 aromatic heterocycles. The van der Waals surface area contributed by atoms with E-state index in [4.69, 9.17) is 39.5 Å². The van der Waals surface area contributed by atoms with Crippen LogP contribution in [-0.2, 0) is 0 Å². The lowest BCUT2D eigenvalue weighted by Gasteiger charge is -2.14. The molecular weight excluding hydrogens is 475 g/mol. The molecule has 9 nitrogen and oxygen atoms in total. The van der Waals surface area contributed by atoms with E-state index < -0.39 is 0 Å². The first-order valence-electron chi connectivity index (χ1n) is 9.90. The number of ether oxygens (including phenoxy) is 1. The van der Waals surface area contributed by atoms with Crippen molar-refractivity contribution in [1.29, 1.82) is 0 Å². The monoisotopic (exact) mass is 494 g/mol. The molecule has 2 N–H and O–H groups in total. The van der Waals surface area contributed by atoms with Gasteiger partial charge in [0.15, 0.2) is 5.82 Å². The maximum Gasteiger partial charge on any atom is 0.246 e. The minimum atomic E-state index is -0.128. The summed E-state index contributed by atoms with van der Waals surface area (Å²) in [6.07, 6.45) is 9.34. The van der Waals surface area contributed by atoms with Crippen LogP contribution >= 0.6 is 34.8 Å². The Kier molecular flexibility index (Phi) is 7.19. The van der Waals surface area contributed by atoms with Gasteiger partial charge in [0.2, 0.25) is 5.95 Å². The molecule has 0 fully saturated rings. The van der Waals surface area contributed by atoms with Crippen LogP contribution in [0.5, 0.6) is 5.75 Å². The van der Waals surface area contributed by atoms with Gasteiger partial charge in [0.05, 0.1) is 24.0 Å². The number of aromatic nitrogens is 7. The van der Waals surface area contributed by atoms with Crippen LogP contribution in [0.15, 0.2) is 43.1 Å². The highest BCUT2D eigenvalue weighted by molar-refractivity contribution is 6.30. The van der Waals surface area contributed by atoms with Gasteiger partial charge in [-0.1, -0.05) is 23.2 Å². The highest BCUT2D eigenvalue weighted by Gasteiger charge is 2.19. The Morgan fingerprint density at radius 1 is 1.22 bits per heavy atom. The highest BCUT2D eigenvalue weighted by atomic mass is 35.5. The van der Waals surface area contributed by atoms with Crippen LogP contribution in [0.2, 0.25) is 10.2 Å². The highest BCUT2D eigenvalue weighted by Crippen LogP contribution is 2.29. The van der Waals surface area contributed by atoms with Crippen molar-refractivity contribution < 1.29 is 4.74 Å². The lowest BCUT2D eigenvalue weighted by molar-refractivity contribution is 0.413. The van der Waals surface area contributed by atoms with Crippen LogP contribution in [0, 0.1) is 0 Å². The number of imidazole rings is 1. The number of unbranched alkanes of at least 4 members (excludes halogenated alkanes) is 1. The maximum absolute atomic E-state index is 6.06. The molecule has 1 unspecified atom stereocenters. The minimum Gasteiger partial charge on any atom is -0.494 e. The molecule has 168 valence electrons. The van der Waals surface area contributed by atoms with Crippen LogP contribution in [0.3, 0.4) is 0 Å². The molecule has 1 atom stereocenters. The molecule has 32 heavy (non-hydrogen) atoms. The van der Waals surface area contributed by atoms with Crippen molar-refractivity contribution in [1.82, 2.24) is 34.5 Å². The number of hydrogen-bond acceptors (Lipinski definition) is 6. The lowest BCUT2D eigenvalue weighted by Crippen LogP contribution is -2.13. The molecule has 0 amide bonds. The zero-order chi connectivity index (χ0) is 22.5. The first-order chi connectivity index (χ1) is 15.6. The average Bonchev–Trinajstić information content (AvgIpc) is 3.53. The predicted molar refractivity (Wildman–Crippen MR) is 125 cm³/mol. The summed E-state index contributed by atoms with van der Waals surface area (Å²) < 4.78 is 9.11. The topological polar surface area (TPSA) is 98.5 Å². The van der Waals surface area contributed by atoms with Gasteiger partial charge in [0.25, 0.3) is 0 Å². The quantitative estimate of drug-likeness (QED) is 0.230. The van der Waals surface area contributed by atoms with Gasteiger partial charge < -0.3 is 14.6 Å². The number of methoxy groups -OCH3 is 1. The predicted octanol–water partition coefficient (Wildman–Crippen LogP) is 5.24. The van der Waals surface area contributed by atoms with Gasteiger partial charge in [-0.25, -0.2) is 4.98 Å². The smallest absolute Gasteiger partial charge is 0.246 e. The van der Waals surface area contributed by atoms with Crippen molar-refractivity contribution in [3.05, 3.63) is 59.1 Å². The summed E-state index contributed by atoms with van der Waals surface area (Å²) in [5.41, 5.74) is 1.58. The number of benzene rings is 1. The van der Waals surface area contributed by atoms with Crippen molar-refractivity contribution in [2.24, 2.45) is 0 Å². The largest absolute Gasteiger partial charge is 0.494 e. The molecule has 0 saturated heterocycles. The van der Waals surface area contributed by atoms with Gasteiger partial charge in [-0.3, -0.25) is 9.78 Å². The summed E-state index contributed by atoms with van der Waals surface area (Å²) in [5, 5.41) is 15.8. The summed E-state index contributed by atoms with van der Waals surface area (Å²) in [5.74, 6) is 2.36. The number of nitrogens with one attached hydrogen (secondary N) is 2. The fraction of sp³-hybridized carbons (Fsp3) is 0.300. The molecule has 0 saturated carbocycles. The second-order valence-electron chi connectivity index (χ2n) is 7.00. The summed E-state index contributed by atoms with van der Waals surface area (Å²) in [6.45, 7) is 0. The van der Waals surface area contributed by atoms with E-state index in [1.807, 2.05) is 18.2 Å². The Hall–Kier alpha value is -2.75. The van der Waals surface area contributed by atoms with Crippen molar-refractivity contribution in [3.63, 3.8) is 0 Å². The first-order valence-corrected chi connectivity index (χ1v) is 11.2. The SMILES string of the molecule is COc1cc(Nc2n[nH]c(C(CCCCCl)n3cc(Cl)cn3)n2)ccc1-n1cnc(Cl)c1. The van der Waals surface area contributed by atoms with E-state index >= 15 is 0 Å². The molecule has 12 heteroatoms. The number of halogens is 3. The second-order valence-corrected chi connectivity index (χ2v) is 8.20.